The van der Waals surface area contributed by atoms with Crippen LogP contribution in [0.25, 0.3) is 0 Å². The summed E-state index contributed by atoms with van der Waals surface area (Å²) in [6, 6.07) is 7.92. The van der Waals surface area contributed by atoms with E-state index in [1.807, 2.05) is 18.2 Å². The molecule has 0 aliphatic carbocycles. The van der Waals surface area contributed by atoms with Gasteiger partial charge in [0.1, 0.15) is 0 Å². The molecule has 0 atom stereocenters. The van der Waals surface area contributed by atoms with Crippen LogP contribution in [0.1, 0.15) is 26.3 Å². The third-order valence-electron chi connectivity index (χ3n) is 2.35. The average Bonchev–Trinajstić information content (AvgIpc) is 2.17. The van der Waals surface area contributed by atoms with Gasteiger partial charge in [0.25, 0.3) is 0 Å². The van der Waals surface area contributed by atoms with Crippen molar-refractivity contribution in [2.75, 3.05) is 18.9 Å². The van der Waals surface area contributed by atoms with Crippen LogP contribution in [0.15, 0.2) is 24.3 Å². The second-order valence-electron chi connectivity index (χ2n) is 4.87. The number of anilines is 1. The maximum absolute atomic E-state index is 11.5. The fourth-order valence-corrected chi connectivity index (χ4v) is 1.60. The van der Waals surface area contributed by atoms with Gasteiger partial charge < -0.3 is 10.6 Å². The zero-order chi connectivity index (χ0) is 12.2. The number of amides is 1. The number of rotatable bonds is 3. The molecule has 3 nitrogen and oxygen atoms in total. The highest BCUT2D eigenvalue weighted by Gasteiger charge is 2.18. The molecule has 0 saturated heterocycles. The lowest BCUT2D eigenvalue weighted by molar-refractivity contribution is -0.115. The van der Waals surface area contributed by atoms with E-state index in [-0.39, 0.29) is 11.3 Å². The van der Waals surface area contributed by atoms with Crippen LogP contribution in [0.3, 0.4) is 0 Å². The van der Waals surface area contributed by atoms with E-state index >= 15 is 0 Å². The van der Waals surface area contributed by atoms with E-state index in [9.17, 15) is 4.79 Å². The summed E-state index contributed by atoms with van der Waals surface area (Å²) in [5.41, 5.74) is 2.08. The van der Waals surface area contributed by atoms with Gasteiger partial charge in [-0.3, -0.25) is 4.79 Å². The summed E-state index contributed by atoms with van der Waals surface area (Å²) in [6.07, 6.45) is 0. The molecule has 3 heteroatoms. The number of hydrogen-bond donors (Lipinski definition) is 2. The Morgan fingerprint density at radius 1 is 1.25 bits per heavy atom. The van der Waals surface area contributed by atoms with Crippen LogP contribution < -0.4 is 10.6 Å². The first-order valence-corrected chi connectivity index (χ1v) is 5.49. The third-order valence-corrected chi connectivity index (χ3v) is 2.35. The molecule has 0 aliphatic heterocycles. The van der Waals surface area contributed by atoms with Gasteiger partial charge in [-0.15, -0.1) is 0 Å². The van der Waals surface area contributed by atoms with Crippen LogP contribution in [-0.4, -0.2) is 19.5 Å². The summed E-state index contributed by atoms with van der Waals surface area (Å²) in [5, 5.41) is 5.75. The van der Waals surface area contributed by atoms with Crippen molar-refractivity contribution in [1.82, 2.24) is 5.32 Å². The van der Waals surface area contributed by atoms with Gasteiger partial charge >= 0.3 is 0 Å². The Hall–Kier alpha value is -1.35. The Bertz CT molecular complexity index is 366. The first kappa shape index (κ1) is 12.7. The lowest BCUT2D eigenvalue weighted by Gasteiger charge is -2.22. The predicted octanol–water partition coefficient (Wildman–Crippen LogP) is 2.14. The summed E-state index contributed by atoms with van der Waals surface area (Å²) in [4.78, 5) is 11.5. The first-order valence-electron chi connectivity index (χ1n) is 5.49. The number of likely N-dealkylation sites (N-methyl/N-ethyl adjacent to an activating group) is 1. The largest absolute Gasteiger partial charge is 0.325 e. The Morgan fingerprint density at radius 2 is 1.88 bits per heavy atom. The van der Waals surface area contributed by atoms with Crippen LogP contribution in [0.2, 0.25) is 0 Å². The molecule has 0 spiro atoms. The maximum atomic E-state index is 11.5. The second-order valence-corrected chi connectivity index (χ2v) is 4.87. The quantitative estimate of drug-likeness (QED) is 0.819. The first-order chi connectivity index (χ1) is 7.45. The molecular formula is C13H20N2O. The molecule has 88 valence electrons. The normalized spacial score (nSPS) is 11.2. The maximum Gasteiger partial charge on any atom is 0.238 e. The molecular weight excluding hydrogens is 200 g/mol. The van der Waals surface area contributed by atoms with E-state index in [0.29, 0.717) is 6.54 Å². The zero-order valence-corrected chi connectivity index (χ0v) is 10.4. The van der Waals surface area contributed by atoms with Gasteiger partial charge in [0, 0.05) is 5.69 Å². The standard InChI is InChI=1S/C13H20N2O/c1-13(2,3)10-7-5-6-8-11(10)15-12(16)9-14-4/h5-8,14H,9H2,1-4H3,(H,15,16). The van der Waals surface area contributed by atoms with Gasteiger partial charge in [0.05, 0.1) is 6.54 Å². The van der Waals surface area contributed by atoms with E-state index < -0.39 is 0 Å². The van der Waals surface area contributed by atoms with Crippen molar-refractivity contribution in [1.29, 1.82) is 0 Å². The van der Waals surface area contributed by atoms with E-state index in [2.05, 4.69) is 37.5 Å². The van der Waals surface area contributed by atoms with E-state index in [0.717, 1.165) is 11.3 Å². The molecule has 16 heavy (non-hydrogen) atoms. The molecule has 0 aliphatic rings. The number of hydrogen-bond acceptors (Lipinski definition) is 2. The average molecular weight is 220 g/mol. The lowest BCUT2D eigenvalue weighted by Crippen LogP contribution is -2.26. The molecule has 0 saturated carbocycles. The molecule has 0 fully saturated rings. The lowest BCUT2D eigenvalue weighted by atomic mass is 9.86. The molecule has 2 N–H and O–H groups in total. The smallest absolute Gasteiger partial charge is 0.238 e. The minimum atomic E-state index is -0.0146. The molecule has 1 rings (SSSR count). The molecule has 0 bridgehead atoms. The van der Waals surface area contributed by atoms with Crippen molar-refractivity contribution in [3.63, 3.8) is 0 Å². The van der Waals surface area contributed by atoms with Crippen molar-refractivity contribution in [3.8, 4) is 0 Å². The molecule has 0 aromatic heterocycles. The Morgan fingerprint density at radius 3 is 2.44 bits per heavy atom. The number of para-hydroxylation sites is 1. The predicted molar refractivity (Wildman–Crippen MR) is 67.7 cm³/mol. The SMILES string of the molecule is CNCC(=O)Nc1ccccc1C(C)(C)C. The summed E-state index contributed by atoms with van der Waals surface area (Å²) >= 11 is 0. The van der Waals surface area contributed by atoms with Crippen molar-refractivity contribution in [2.45, 2.75) is 26.2 Å². The number of carbonyl (C=O) groups excluding carboxylic acids is 1. The Balaban J connectivity index is 2.92. The van der Waals surface area contributed by atoms with Gasteiger partial charge in [-0.2, -0.15) is 0 Å². The van der Waals surface area contributed by atoms with Crippen molar-refractivity contribution in [2.24, 2.45) is 0 Å². The molecule has 1 aromatic rings. The number of benzene rings is 1. The Kier molecular flexibility index (Phi) is 4.07. The molecule has 1 amide bonds. The fourth-order valence-electron chi connectivity index (χ4n) is 1.60. The molecule has 1 aromatic carbocycles. The monoisotopic (exact) mass is 220 g/mol. The summed E-state index contributed by atoms with van der Waals surface area (Å²) < 4.78 is 0. The number of carbonyl (C=O) groups is 1. The molecule has 0 radical (unpaired) electrons. The highest BCUT2D eigenvalue weighted by Crippen LogP contribution is 2.28. The van der Waals surface area contributed by atoms with E-state index in [1.165, 1.54) is 0 Å². The van der Waals surface area contributed by atoms with Gasteiger partial charge in [-0.1, -0.05) is 39.0 Å². The van der Waals surface area contributed by atoms with Crippen LogP contribution in [0, 0.1) is 0 Å². The van der Waals surface area contributed by atoms with E-state index in [4.69, 9.17) is 0 Å². The van der Waals surface area contributed by atoms with Gasteiger partial charge in [-0.05, 0) is 24.1 Å². The van der Waals surface area contributed by atoms with Crippen molar-refractivity contribution < 1.29 is 4.79 Å². The van der Waals surface area contributed by atoms with Gasteiger partial charge in [-0.25, -0.2) is 0 Å². The minimum absolute atomic E-state index is 0.0146. The van der Waals surface area contributed by atoms with E-state index in [1.54, 1.807) is 7.05 Å². The summed E-state index contributed by atoms with van der Waals surface area (Å²) in [6.45, 7) is 6.74. The molecule has 0 unspecified atom stereocenters. The summed E-state index contributed by atoms with van der Waals surface area (Å²) in [7, 11) is 1.76. The number of nitrogens with one attached hydrogen (secondary N) is 2. The van der Waals surface area contributed by atoms with Crippen LogP contribution in [-0.2, 0) is 10.2 Å². The highest BCUT2D eigenvalue weighted by molar-refractivity contribution is 5.93. The summed E-state index contributed by atoms with van der Waals surface area (Å²) in [5.74, 6) is -0.0146. The zero-order valence-electron chi connectivity index (χ0n) is 10.4. The van der Waals surface area contributed by atoms with Crippen molar-refractivity contribution in [3.05, 3.63) is 29.8 Å². The van der Waals surface area contributed by atoms with Crippen LogP contribution in [0.5, 0.6) is 0 Å². The molecule has 0 heterocycles. The third kappa shape index (κ3) is 3.35. The van der Waals surface area contributed by atoms with Gasteiger partial charge in [0.2, 0.25) is 5.91 Å². The fraction of sp³-hybridized carbons (Fsp3) is 0.462. The second kappa shape index (κ2) is 5.12. The van der Waals surface area contributed by atoms with Crippen LogP contribution >= 0.6 is 0 Å². The van der Waals surface area contributed by atoms with Crippen LogP contribution in [0.4, 0.5) is 5.69 Å². The topological polar surface area (TPSA) is 41.1 Å². The minimum Gasteiger partial charge on any atom is -0.325 e. The highest BCUT2D eigenvalue weighted by atomic mass is 16.1. The van der Waals surface area contributed by atoms with Crippen molar-refractivity contribution >= 4 is 11.6 Å². The van der Waals surface area contributed by atoms with Gasteiger partial charge in [0.15, 0.2) is 0 Å². The Labute approximate surface area is 97.2 Å².